The third-order valence-corrected chi connectivity index (χ3v) is 4.34. The summed E-state index contributed by atoms with van der Waals surface area (Å²) in [7, 11) is 0. The summed E-state index contributed by atoms with van der Waals surface area (Å²) in [4.78, 5) is 16.9. The third kappa shape index (κ3) is 4.87. The topological polar surface area (TPSA) is 85.8 Å². The summed E-state index contributed by atoms with van der Waals surface area (Å²) in [6, 6.07) is 12.1. The molecule has 0 aliphatic heterocycles. The number of aliphatic hydroxyl groups is 2. The van der Waals surface area contributed by atoms with Crippen LogP contribution in [0.1, 0.15) is 0 Å². The summed E-state index contributed by atoms with van der Waals surface area (Å²) in [5.74, 6) is -0.413. The lowest BCUT2D eigenvalue weighted by atomic mass is 10.1. The van der Waals surface area contributed by atoms with Gasteiger partial charge in [0.25, 0.3) is 5.56 Å². The third-order valence-electron chi connectivity index (χ3n) is 4.34. The van der Waals surface area contributed by atoms with Crippen molar-refractivity contribution in [3.05, 3.63) is 58.9 Å². The first-order chi connectivity index (χ1) is 13.8. The highest BCUT2D eigenvalue weighted by molar-refractivity contribution is 5.88. The smallest absolute Gasteiger partial charge is 0.405 e. The van der Waals surface area contributed by atoms with Crippen LogP contribution in [0.25, 0.3) is 22.0 Å². The van der Waals surface area contributed by atoms with Crippen LogP contribution >= 0.6 is 0 Å². The average molecular weight is 408 g/mol. The molecule has 9 heteroatoms. The van der Waals surface area contributed by atoms with Gasteiger partial charge in [-0.1, -0.05) is 18.2 Å². The summed E-state index contributed by atoms with van der Waals surface area (Å²) < 4.78 is 42.1. The van der Waals surface area contributed by atoms with Gasteiger partial charge >= 0.3 is 6.36 Å². The van der Waals surface area contributed by atoms with E-state index in [1.165, 1.54) is 18.2 Å². The predicted octanol–water partition coefficient (Wildman–Crippen LogP) is 2.88. The van der Waals surface area contributed by atoms with Gasteiger partial charge in [-0.3, -0.25) is 4.79 Å². The Balaban J connectivity index is 2.06. The number of benzene rings is 2. The van der Waals surface area contributed by atoms with Gasteiger partial charge in [-0.25, -0.2) is 0 Å². The van der Waals surface area contributed by atoms with Gasteiger partial charge in [0.1, 0.15) is 5.75 Å². The Morgan fingerprint density at radius 3 is 2.34 bits per heavy atom. The highest BCUT2D eigenvalue weighted by Crippen LogP contribution is 2.33. The van der Waals surface area contributed by atoms with E-state index < -0.39 is 17.7 Å². The fourth-order valence-corrected chi connectivity index (χ4v) is 3.10. The first-order valence-corrected chi connectivity index (χ1v) is 8.81. The molecule has 0 radical (unpaired) electrons. The summed E-state index contributed by atoms with van der Waals surface area (Å²) in [5.41, 5.74) is 0.460. The molecular weight excluding hydrogens is 389 g/mol. The Kier molecular flexibility index (Phi) is 6.09. The molecule has 2 aromatic carbocycles. The van der Waals surface area contributed by atoms with E-state index in [1.807, 2.05) is 0 Å². The summed E-state index contributed by atoms with van der Waals surface area (Å²) in [6.45, 7) is 0.321. The highest BCUT2D eigenvalue weighted by atomic mass is 19.4. The van der Waals surface area contributed by atoms with Gasteiger partial charge in [-0.05, 0) is 35.7 Å². The van der Waals surface area contributed by atoms with Gasteiger partial charge in [-0.15, -0.1) is 13.2 Å². The molecule has 0 amide bonds. The number of halogens is 3. The molecule has 29 heavy (non-hydrogen) atoms. The molecule has 0 aliphatic rings. The van der Waals surface area contributed by atoms with Crippen molar-refractivity contribution < 1.29 is 28.1 Å². The Morgan fingerprint density at radius 2 is 1.69 bits per heavy atom. The van der Waals surface area contributed by atoms with Crippen molar-refractivity contribution in [3.8, 4) is 17.0 Å². The lowest BCUT2D eigenvalue weighted by molar-refractivity contribution is -0.274. The van der Waals surface area contributed by atoms with Gasteiger partial charge < -0.3 is 24.8 Å². The number of anilines is 1. The van der Waals surface area contributed by atoms with Crippen LogP contribution in [-0.2, 0) is 0 Å². The van der Waals surface area contributed by atoms with E-state index in [9.17, 15) is 28.2 Å². The maximum absolute atomic E-state index is 12.7. The Bertz CT molecular complexity index is 1040. The van der Waals surface area contributed by atoms with E-state index in [0.717, 1.165) is 0 Å². The van der Waals surface area contributed by atoms with Crippen molar-refractivity contribution >= 4 is 16.5 Å². The van der Waals surface area contributed by atoms with E-state index >= 15 is 0 Å². The number of aromatic amines is 1. The van der Waals surface area contributed by atoms with E-state index in [0.29, 0.717) is 16.5 Å². The minimum Gasteiger partial charge on any atom is -0.405 e. The molecule has 0 unspecified atom stereocenters. The molecule has 0 atom stereocenters. The second-order valence-electron chi connectivity index (χ2n) is 6.26. The molecular formula is C20H19F3N2O4. The normalized spacial score (nSPS) is 11.6. The second-order valence-corrected chi connectivity index (χ2v) is 6.26. The van der Waals surface area contributed by atoms with Crippen molar-refractivity contribution in [2.45, 2.75) is 6.36 Å². The zero-order chi connectivity index (χ0) is 21.0. The molecule has 3 rings (SSSR count). The maximum Gasteiger partial charge on any atom is 0.573 e. The van der Waals surface area contributed by atoms with Crippen LogP contribution in [0, 0.1) is 0 Å². The molecule has 0 spiro atoms. The summed E-state index contributed by atoms with van der Waals surface area (Å²) >= 11 is 0. The van der Waals surface area contributed by atoms with Gasteiger partial charge in [0.05, 0.1) is 18.9 Å². The number of aliphatic hydroxyl groups excluding tert-OH is 2. The number of nitrogens with zero attached hydrogens (tertiary/aromatic N) is 1. The molecule has 3 aromatic rings. The van der Waals surface area contributed by atoms with Crippen molar-refractivity contribution in [3.63, 3.8) is 0 Å². The van der Waals surface area contributed by atoms with Crippen molar-refractivity contribution in [2.24, 2.45) is 0 Å². The Labute approximate surface area is 163 Å². The van der Waals surface area contributed by atoms with Crippen LogP contribution in [-0.4, -0.2) is 47.9 Å². The first-order valence-electron chi connectivity index (χ1n) is 8.81. The monoisotopic (exact) mass is 408 g/mol. The minimum absolute atomic E-state index is 0.107. The number of rotatable bonds is 7. The highest BCUT2D eigenvalue weighted by Gasteiger charge is 2.32. The number of fused-ring (bicyclic) bond motifs is 1. The molecule has 0 aliphatic carbocycles. The first kappa shape index (κ1) is 20.7. The zero-order valence-electron chi connectivity index (χ0n) is 15.2. The fraction of sp³-hybridized carbons (Fsp3) is 0.250. The van der Waals surface area contributed by atoms with Crippen molar-refractivity contribution in [1.82, 2.24) is 4.98 Å². The van der Waals surface area contributed by atoms with Gasteiger partial charge in [0.2, 0.25) is 0 Å². The largest absolute Gasteiger partial charge is 0.573 e. The SMILES string of the molecule is O=c1[nH]c(-c2ccccc2OC(F)(F)F)cc2ccc(N(CCO)CCO)cc12. The van der Waals surface area contributed by atoms with E-state index in [1.54, 1.807) is 35.2 Å². The van der Waals surface area contributed by atoms with Crippen molar-refractivity contribution in [2.75, 3.05) is 31.2 Å². The maximum atomic E-state index is 12.7. The number of aromatic nitrogens is 1. The van der Waals surface area contributed by atoms with Gasteiger partial charge in [0.15, 0.2) is 0 Å². The van der Waals surface area contributed by atoms with E-state index in [4.69, 9.17) is 0 Å². The van der Waals surface area contributed by atoms with Gasteiger partial charge in [0, 0.05) is 29.7 Å². The predicted molar refractivity (Wildman–Crippen MR) is 103 cm³/mol. The van der Waals surface area contributed by atoms with Crippen molar-refractivity contribution in [1.29, 1.82) is 0 Å². The molecule has 1 heterocycles. The fourth-order valence-electron chi connectivity index (χ4n) is 3.10. The molecule has 0 bridgehead atoms. The van der Waals surface area contributed by atoms with Gasteiger partial charge in [-0.2, -0.15) is 0 Å². The number of pyridine rings is 1. The quantitative estimate of drug-likeness (QED) is 0.560. The summed E-state index contributed by atoms with van der Waals surface area (Å²) in [5, 5.41) is 19.2. The number of hydrogen-bond donors (Lipinski definition) is 3. The Hall–Kier alpha value is -3.04. The van der Waals surface area contributed by atoms with Crippen LogP contribution < -0.4 is 15.2 Å². The van der Waals surface area contributed by atoms with Crippen LogP contribution in [0.5, 0.6) is 5.75 Å². The van der Waals surface area contributed by atoms with Crippen LogP contribution in [0.3, 0.4) is 0 Å². The lowest BCUT2D eigenvalue weighted by Gasteiger charge is -2.23. The molecule has 0 fully saturated rings. The number of hydrogen-bond acceptors (Lipinski definition) is 5. The number of para-hydroxylation sites is 1. The lowest BCUT2D eigenvalue weighted by Crippen LogP contribution is -2.29. The minimum atomic E-state index is -4.86. The molecule has 1 aromatic heterocycles. The number of alkyl halides is 3. The number of ether oxygens (including phenoxy) is 1. The second kappa shape index (κ2) is 8.54. The molecule has 6 nitrogen and oxygen atoms in total. The molecule has 154 valence electrons. The molecule has 0 saturated carbocycles. The standard InChI is InChI=1S/C20H19F3N2O4/c21-20(22,23)29-18-4-2-1-3-15(18)17-11-13-5-6-14(12-16(13)19(28)24-17)25(7-9-26)8-10-27/h1-6,11-12,26-27H,7-10H2,(H,24,28). The summed E-state index contributed by atoms with van der Waals surface area (Å²) in [6.07, 6.45) is -4.86. The number of H-pyrrole nitrogens is 1. The van der Waals surface area contributed by atoms with Crippen LogP contribution in [0.4, 0.5) is 18.9 Å². The van der Waals surface area contributed by atoms with E-state index in [2.05, 4.69) is 9.72 Å². The zero-order valence-corrected chi connectivity index (χ0v) is 15.2. The number of nitrogens with one attached hydrogen (secondary N) is 1. The van der Waals surface area contributed by atoms with Crippen LogP contribution in [0.2, 0.25) is 0 Å². The molecule has 0 saturated heterocycles. The Morgan fingerprint density at radius 1 is 1.00 bits per heavy atom. The van der Waals surface area contributed by atoms with E-state index in [-0.39, 0.29) is 37.6 Å². The average Bonchev–Trinajstić information content (AvgIpc) is 2.67. The van der Waals surface area contributed by atoms with Crippen LogP contribution in [0.15, 0.2) is 53.3 Å². The molecule has 3 N–H and O–H groups in total.